The molecule has 2 fully saturated rings. The van der Waals surface area contributed by atoms with Crippen LogP contribution in [0.25, 0.3) is 0 Å². The van der Waals surface area contributed by atoms with Crippen LogP contribution in [0.1, 0.15) is 48.0 Å². The molecule has 4 nitrogen and oxygen atoms in total. The summed E-state index contributed by atoms with van der Waals surface area (Å²) in [5, 5.41) is 0. The Kier molecular flexibility index (Phi) is 2.76. The summed E-state index contributed by atoms with van der Waals surface area (Å²) in [4.78, 5) is 0. The van der Waals surface area contributed by atoms with Crippen LogP contribution in [0.5, 0.6) is 0 Å². The minimum Gasteiger partial charge on any atom is -0.400 e. The Morgan fingerprint density at radius 2 is 1.58 bits per heavy atom. The van der Waals surface area contributed by atoms with Gasteiger partial charge < -0.3 is 18.8 Å². The summed E-state index contributed by atoms with van der Waals surface area (Å²) in [6, 6.07) is 0. The van der Waals surface area contributed by atoms with Crippen molar-refractivity contribution in [2.45, 2.75) is 77.2 Å². The van der Waals surface area contributed by atoms with Crippen LogP contribution in [0.3, 0.4) is 0 Å². The number of fused-ring (bicyclic) bond motifs is 1. The van der Waals surface area contributed by atoms with Crippen LogP contribution in [0.15, 0.2) is 11.5 Å². The molecule has 106 valence electrons. The maximum Gasteiger partial charge on any atom is 0.490 e. The highest BCUT2D eigenvalue weighted by Gasteiger charge is 2.55. The maximum absolute atomic E-state index is 6.06. The third-order valence-corrected chi connectivity index (χ3v) is 4.59. The molecular weight excluding hydrogens is 243 g/mol. The van der Waals surface area contributed by atoms with Crippen LogP contribution in [0.2, 0.25) is 0 Å². The molecule has 0 amide bonds. The summed E-state index contributed by atoms with van der Waals surface area (Å²) in [6.07, 6.45) is 3.07. The highest BCUT2D eigenvalue weighted by molar-refractivity contribution is 6.54. The summed E-state index contributed by atoms with van der Waals surface area (Å²) in [5.41, 5.74) is 0.554. The average molecular weight is 266 g/mol. The first-order valence-corrected chi connectivity index (χ1v) is 7.02. The van der Waals surface area contributed by atoms with Gasteiger partial charge in [0.15, 0.2) is 5.79 Å². The van der Waals surface area contributed by atoms with Crippen molar-refractivity contribution in [3.05, 3.63) is 11.5 Å². The Balaban J connectivity index is 1.74. The van der Waals surface area contributed by atoms with Gasteiger partial charge >= 0.3 is 7.12 Å². The fraction of sp³-hybridized carbons (Fsp3) is 0.857. The molecule has 2 aliphatic heterocycles. The average Bonchev–Trinajstić information content (AvgIpc) is 2.74. The van der Waals surface area contributed by atoms with Crippen molar-refractivity contribution in [3.63, 3.8) is 0 Å². The number of hydrogen-bond donors (Lipinski definition) is 0. The third-order valence-electron chi connectivity index (χ3n) is 4.59. The molecule has 0 N–H and O–H groups in total. The van der Waals surface area contributed by atoms with E-state index in [9.17, 15) is 0 Å². The first kappa shape index (κ1) is 13.6. The molecule has 1 aliphatic carbocycles. The number of rotatable bonds is 1. The quantitative estimate of drug-likeness (QED) is 0.683. The topological polar surface area (TPSA) is 36.9 Å². The third kappa shape index (κ3) is 2.17. The Bertz CT molecular complexity index is 411. The predicted octanol–water partition coefficient (Wildman–Crippen LogP) is 2.47. The lowest BCUT2D eigenvalue weighted by Crippen LogP contribution is -2.41. The summed E-state index contributed by atoms with van der Waals surface area (Å²) < 4.78 is 23.9. The minimum absolute atomic E-state index is 0.0315. The standard InChI is InChI=1S/C14H23BO4/c1-12(2)13(3,4)19-15(18-12)9-7-10-11(8-9)17-14(5,6)16-10/h7,10-11H,8H2,1-6H3/t10-,11-/m0/s1. The highest BCUT2D eigenvalue weighted by Crippen LogP contribution is 2.43. The van der Waals surface area contributed by atoms with E-state index in [1.165, 1.54) is 0 Å². The lowest BCUT2D eigenvalue weighted by Gasteiger charge is -2.32. The summed E-state index contributed by atoms with van der Waals surface area (Å²) in [6.45, 7) is 12.2. The second kappa shape index (κ2) is 3.85. The molecule has 0 aromatic rings. The van der Waals surface area contributed by atoms with Crippen LogP contribution in [-0.4, -0.2) is 36.3 Å². The van der Waals surface area contributed by atoms with Crippen LogP contribution in [0.4, 0.5) is 0 Å². The summed E-state index contributed by atoms with van der Waals surface area (Å²) in [5.74, 6) is -0.479. The zero-order valence-corrected chi connectivity index (χ0v) is 12.6. The molecular formula is C14H23BO4. The monoisotopic (exact) mass is 266 g/mol. The lowest BCUT2D eigenvalue weighted by atomic mass is 9.77. The van der Waals surface area contributed by atoms with Gasteiger partial charge in [-0.05, 0) is 53.4 Å². The molecule has 0 aromatic carbocycles. The van der Waals surface area contributed by atoms with Crippen molar-refractivity contribution >= 4 is 7.12 Å². The Hall–Kier alpha value is -0.355. The molecule has 0 aromatic heterocycles. The molecule has 2 saturated heterocycles. The molecule has 0 radical (unpaired) electrons. The molecule has 0 spiro atoms. The second-order valence-corrected chi connectivity index (χ2v) is 7.17. The lowest BCUT2D eigenvalue weighted by molar-refractivity contribution is -0.144. The van der Waals surface area contributed by atoms with Gasteiger partial charge in [0.2, 0.25) is 0 Å². The summed E-state index contributed by atoms with van der Waals surface area (Å²) >= 11 is 0. The van der Waals surface area contributed by atoms with Crippen molar-refractivity contribution < 1.29 is 18.8 Å². The fourth-order valence-corrected chi connectivity index (χ4v) is 2.84. The molecule has 3 rings (SSSR count). The highest BCUT2D eigenvalue weighted by atomic mass is 16.8. The van der Waals surface area contributed by atoms with Gasteiger partial charge in [-0.3, -0.25) is 0 Å². The van der Waals surface area contributed by atoms with E-state index in [2.05, 4.69) is 33.8 Å². The first-order chi connectivity index (χ1) is 8.60. The van der Waals surface area contributed by atoms with Gasteiger partial charge in [0.05, 0.1) is 17.3 Å². The van der Waals surface area contributed by atoms with Gasteiger partial charge in [0, 0.05) is 0 Å². The van der Waals surface area contributed by atoms with E-state index in [1.54, 1.807) is 0 Å². The molecule has 0 bridgehead atoms. The van der Waals surface area contributed by atoms with E-state index in [1.807, 2.05) is 13.8 Å². The van der Waals surface area contributed by atoms with E-state index in [0.29, 0.717) is 0 Å². The van der Waals surface area contributed by atoms with Crippen molar-refractivity contribution in [2.75, 3.05) is 0 Å². The van der Waals surface area contributed by atoms with E-state index < -0.39 is 5.79 Å². The van der Waals surface area contributed by atoms with Crippen LogP contribution >= 0.6 is 0 Å². The molecule has 0 saturated carbocycles. The minimum atomic E-state index is -0.479. The van der Waals surface area contributed by atoms with E-state index in [-0.39, 0.29) is 30.5 Å². The molecule has 3 aliphatic rings. The zero-order chi connectivity index (χ0) is 14.1. The Morgan fingerprint density at radius 3 is 2.11 bits per heavy atom. The fourth-order valence-electron chi connectivity index (χ4n) is 2.84. The largest absolute Gasteiger partial charge is 0.490 e. The molecule has 19 heavy (non-hydrogen) atoms. The Morgan fingerprint density at radius 1 is 1.00 bits per heavy atom. The van der Waals surface area contributed by atoms with Gasteiger partial charge in [-0.15, -0.1) is 0 Å². The van der Waals surface area contributed by atoms with Gasteiger partial charge in [-0.25, -0.2) is 0 Å². The number of ether oxygens (including phenoxy) is 2. The van der Waals surface area contributed by atoms with Crippen molar-refractivity contribution in [1.29, 1.82) is 0 Å². The summed E-state index contributed by atoms with van der Waals surface area (Å²) in [7, 11) is -0.272. The Labute approximate surface area is 115 Å². The predicted molar refractivity (Wildman–Crippen MR) is 72.6 cm³/mol. The van der Waals surface area contributed by atoms with E-state index in [0.717, 1.165) is 11.9 Å². The smallest absolute Gasteiger partial charge is 0.400 e. The number of hydrogen-bond acceptors (Lipinski definition) is 4. The second-order valence-electron chi connectivity index (χ2n) is 7.17. The normalized spacial score (nSPS) is 38.4. The van der Waals surface area contributed by atoms with Crippen molar-refractivity contribution in [1.82, 2.24) is 0 Å². The van der Waals surface area contributed by atoms with Gasteiger partial charge in [-0.2, -0.15) is 0 Å². The van der Waals surface area contributed by atoms with Crippen LogP contribution in [0, 0.1) is 0 Å². The van der Waals surface area contributed by atoms with E-state index in [4.69, 9.17) is 18.8 Å². The molecule has 2 heterocycles. The first-order valence-electron chi connectivity index (χ1n) is 7.02. The molecule has 5 heteroatoms. The van der Waals surface area contributed by atoms with Crippen LogP contribution in [-0.2, 0) is 18.8 Å². The van der Waals surface area contributed by atoms with Gasteiger partial charge in [0.1, 0.15) is 6.10 Å². The van der Waals surface area contributed by atoms with Gasteiger partial charge in [0.25, 0.3) is 0 Å². The van der Waals surface area contributed by atoms with Crippen LogP contribution < -0.4 is 0 Å². The SMILES string of the molecule is CC1(C)O[C@H]2C=C(B3OC(C)(C)C(C)(C)O3)C[C@@H]2O1. The van der Waals surface area contributed by atoms with Crippen molar-refractivity contribution in [2.24, 2.45) is 0 Å². The van der Waals surface area contributed by atoms with Gasteiger partial charge in [-0.1, -0.05) is 6.08 Å². The van der Waals surface area contributed by atoms with E-state index >= 15 is 0 Å². The molecule has 2 atom stereocenters. The molecule has 0 unspecified atom stereocenters. The van der Waals surface area contributed by atoms with Crippen molar-refractivity contribution in [3.8, 4) is 0 Å². The maximum atomic E-state index is 6.06. The zero-order valence-electron chi connectivity index (χ0n) is 12.6.